The highest BCUT2D eigenvalue weighted by Gasteiger charge is 2.26. The molecule has 1 heterocycles. The van der Waals surface area contributed by atoms with Crippen molar-refractivity contribution >= 4 is 28.5 Å². The maximum atomic E-state index is 14.3. The zero-order valence-corrected chi connectivity index (χ0v) is 14.4. The number of hydrogen-bond acceptors (Lipinski definition) is 4. The van der Waals surface area contributed by atoms with Gasteiger partial charge in [-0.15, -0.1) is 0 Å². The van der Waals surface area contributed by atoms with E-state index in [1.54, 1.807) is 18.2 Å². The molecule has 0 saturated heterocycles. The summed E-state index contributed by atoms with van der Waals surface area (Å²) in [5.41, 5.74) is 1.95. The lowest BCUT2D eigenvalue weighted by Crippen LogP contribution is -2.25. The van der Waals surface area contributed by atoms with Gasteiger partial charge in [-0.1, -0.05) is 33.8 Å². The van der Waals surface area contributed by atoms with Crippen LogP contribution in [-0.2, 0) is 11.4 Å². The molecule has 0 fully saturated rings. The van der Waals surface area contributed by atoms with Crippen LogP contribution in [0.15, 0.2) is 51.4 Å². The molecule has 0 amide bonds. The van der Waals surface area contributed by atoms with Gasteiger partial charge in [0.25, 0.3) is 0 Å². The Kier molecular flexibility index (Phi) is 4.43. The van der Waals surface area contributed by atoms with E-state index in [1.165, 1.54) is 12.3 Å². The number of benzene rings is 2. The summed E-state index contributed by atoms with van der Waals surface area (Å²) in [6.45, 7) is 5.44. The second-order valence-corrected chi connectivity index (χ2v) is 8.26. The van der Waals surface area contributed by atoms with Crippen molar-refractivity contribution in [3.8, 4) is 11.3 Å². The van der Waals surface area contributed by atoms with Crippen LogP contribution in [0.4, 0.5) is 4.39 Å². The predicted octanol–water partition coefficient (Wildman–Crippen LogP) is 4.52. The van der Waals surface area contributed by atoms with Gasteiger partial charge in [0.1, 0.15) is 27.6 Å². The molecule has 1 unspecified atom stereocenters. The molecule has 3 rings (SSSR count). The minimum atomic E-state index is -1.47. The summed E-state index contributed by atoms with van der Waals surface area (Å²) in [6, 6.07) is 12.1. The fraction of sp³-hybridized carbons (Fsp3) is 0.222. The Morgan fingerprint density at radius 1 is 1.17 bits per heavy atom. The van der Waals surface area contributed by atoms with Crippen LogP contribution in [0.5, 0.6) is 0 Å². The van der Waals surface area contributed by atoms with Gasteiger partial charge in [-0.2, -0.15) is 0 Å². The Morgan fingerprint density at radius 2 is 1.92 bits per heavy atom. The van der Waals surface area contributed by atoms with Crippen molar-refractivity contribution < 1.29 is 13.5 Å². The summed E-state index contributed by atoms with van der Waals surface area (Å²) in [5, 5.41) is 4.85. The molecular formula is C18H17FN2O2S. The number of rotatable bonds is 3. The minimum absolute atomic E-state index is 0.245. The molecule has 0 saturated carbocycles. The molecule has 6 heteroatoms. The maximum Gasteiger partial charge on any atom is 0.167 e. The number of aromatic nitrogens is 1. The number of fused-ring (bicyclic) bond motifs is 1. The predicted molar refractivity (Wildman–Crippen MR) is 94.9 cm³/mol. The third kappa shape index (κ3) is 3.20. The van der Waals surface area contributed by atoms with Crippen molar-refractivity contribution in [3.63, 3.8) is 0 Å². The first-order chi connectivity index (χ1) is 11.4. The van der Waals surface area contributed by atoms with E-state index in [1.807, 2.05) is 39.0 Å². The van der Waals surface area contributed by atoms with E-state index in [4.69, 9.17) is 4.52 Å². The van der Waals surface area contributed by atoms with Gasteiger partial charge in [0.2, 0.25) is 0 Å². The highest BCUT2D eigenvalue weighted by atomic mass is 32.2. The second-order valence-electron chi connectivity index (χ2n) is 6.32. The van der Waals surface area contributed by atoms with E-state index in [0.717, 1.165) is 5.39 Å². The first-order valence-electron chi connectivity index (χ1n) is 7.47. The van der Waals surface area contributed by atoms with Crippen LogP contribution in [0.2, 0.25) is 0 Å². The fourth-order valence-corrected chi connectivity index (χ4v) is 2.73. The van der Waals surface area contributed by atoms with Crippen LogP contribution >= 0.6 is 0 Å². The highest BCUT2D eigenvalue weighted by molar-refractivity contribution is 7.91. The summed E-state index contributed by atoms with van der Waals surface area (Å²) in [7, 11) is 0. The number of hydrogen-bond donors (Lipinski definition) is 0. The van der Waals surface area contributed by atoms with Gasteiger partial charge in [0.15, 0.2) is 5.58 Å². The molecular weight excluding hydrogens is 327 g/mol. The van der Waals surface area contributed by atoms with Crippen LogP contribution < -0.4 is 0 Å². The molecule has 2 aromatic carbocycles. The minimum Gasteiger partial charge on any atom is -0.591 e. The summed E-state index contributed by atoms with van der Waals surface area (Å²) in [4.78, 5) is 0. The Balaban J connectivity index is 2.10. The molecule has 24 heavy (non-hydrogen) atoms. The molecule has 1 atom stereocenters. The van der Waals surface area contributed by atoms with Crippen molar-refractivity contribution in [3.05, 3.63) is 53.8 Å². The molecule has 0 N–H and O–H groups in total. The van der Waals surface area contributed by atoms with Gasteiger partial charge >= 0.3 is 0 Å². The lowest BCUT2D eigenvalue weighted by Gasteiger charge is -2.17. The molecule has 0 aliphatic carbocycles. The van der Waals surface area contributed by atoms with Crippen LogP contribution in [0.25, 0.3) is 22.2 Å². The Hall–Kier alpha value is -2.18. The van der Waals surface area contributed by atoms with Gasteiger partial charge < -0.3 is 9.08 Å². The van der Waals surface area contributed by atoms with Gasteiger partial charge in [0.05, 0.1) is 6.21 Å². The summed E-state index contributed by atoms with van der Waals surface area (Å²) in [6.07, 6.45) is 1.31. The second kappa shape index (κ2) is 6.37. The quantitative estimate of drug-likeness (QED) is 0.518. The Labute approximate surface area is 142 Å². The van der Waals surface area contributed by atoms with Gasteiger partial charge in [-0.25, -0.2) is 4.39 Å². The van der Waals surface area contributed by atoms with E-state index in [2.05, 4.69) is 9.55 Å². The third-order valence-corrected chi connectivity index (χ3v) is 4.83. The zero-order chi connectivity index (χ0) is 17.3. The van der Waals surface area contributed by atoms with E-state index < -0.39 is 21.9 Å². The lowest BCUT2D eigenvalue weighted by atomic mass is 10.0. The first-order valence-corrected chi connectivity index (χ1v) is 8.58. The maximum absolute atomic E-state index is 14.3. The summed E-state index contributed by atoms with van der Waals surface area (Å²) < 4.78 is 35.3. The summed E-state index contributed by atoms with van der Waals surface area (Å²) in [5.74, 6) is -0.450. The molecule has 1 aromatic heterocycles. The Morgan fingerprint density at radius 3 is 2.67 bits per heavy atom. The topological polar surface area (TPSA) is 61.5 Å². The molecule has 0 radical (unpaired) electrons. The van der Waals surface area contributed by atoms with E-state index in [9.17, 15) is 8.94 Å². The van der Waals surface area contributed by atoms with Gasteiger partial charge in [-0.05, 0) is 39.0 Å². The molecule has 4 nitrogen and oxygen atoms in total. The van der Waals surface area contributed by atoms with Crippen molar-refractivity contribution in [1.29, 1.82) is 0 Å². The van der Waals surface area contributed by atoms with E-state index in [-0.39, 0.29) is 5.56 Å². The zero-order valence-electron chi connectivity index (χ0n) is 13.6. The molecule has 124 valence electrons. The van der Waals surface area contributed by atoms with Crippen LogP contribution in [0, 0.1) is 5.82 Å². The molecule has 0 aliphatic heterocycles. The van der Waals surface area contributed by atoms with Crippen molar-refractivity contribution in [2.75, 3.05) is 0 Å². The lowest BCUT2D eigenvalue weighted by molar-refractivity contribution is 0.459. The first kappa shape index (κ1) is 16.7. The molecule has 0 aliphatic rings. The average molecular weight is 344 g/mol. The summed E-state index contributed by atoms with van der Waals surface area (Å²) >= 11 is -1.47. The third-order valence-electron chi connectivity index (χ3n) is 3.49. The normalized spacial score (nSPS) is 13.7. The smallest absolute Gasteiger partial charge is 0.167 e. The number of nitrogens with zero attached hydrogens (tertiary/aromatic N) is 2. The monoisotopic (exact) mass is 344 g/mol. The molecule has 0 spiro atoms. The van der Waals surface area contributed by atoms with Crippen molar-refractivity contribution in [2.24, 2.45) is 4.40 Å². The van der Waals surface area contributed by atoms with E-state index in [0.29, 0.717) is 16.8 Å². The van der Waals surface area contributed by atoms with Crippen molar-refractivity contribution in [1.82, 2.24) is 5.16 Å². The van der Waals surface area contributed by atoms with Gasteiger partial charge in [0, 0.05) is 16.5 Å². The largest absolute Gasteiger partial charge is 0.591 e. The van der Waals surface area contributed by atoms with Crippen LogP contribution in [0.3, 0.4) is 0 Å². The Bertz CT molecular complexity index is 899. The van der Waals surface area contributed by atoms with Crippen LogP contribution in [0.1, 0.15) is 26.3 Å². The number of halogens is 1. The standard InChI is InChI=1S/C18H17FN2O2S/c1-18(2,3)24(22)20-11-14-12(8-6-9-15(14)19)17-13-7-4-5-10-16(13)23-21-17/h4-11H,1-3H3. The van der Waals surface area contributed by atoms with Crippen LogP contribution in [-0.4, -0.2) is 20.7 Å². The van der Waals surface area contributed by atoms with Crippen molar-refractivity contribution in [2.45, 2.75) is 25.5 Å². The fourth-order valence-electron chi connectivity index (χ4n) is 2.21. The van der Waals surface area contributed by atoms with E-state index >= 15 is 0 Å². The molecule has 3 aromatic rings. The number of para-hydroxylation sites is 1. The SMILES string of the molecule is CC(C)(C)[S+]([O-])N=Cc1c(F)cccc1-c1noc2ccccc12. The molecule has 0 bridgehead atoms. The van der Waals surface area contributed by atoms with Gasteiger partial charge in [-0.3, -0.25) is 0 Å². The highest BCUT2D eigenvalue weighted by Crippen LogP contribution is 2.31. The average Bonchev–Trinajstić information content (AvgIpc) is 2.96.